The molecular formula is C14H12N4O. The van der Waals surface area contributed by atoms with Crippen molar-refractivity contribution in [3.8, 4) is 16.9 Å². The van der Waals surface area contributed by atoms with Crippen LogP contribution in [-0.2, 0) is 0 Å². The third-order valence-corrected chi connectivity index (χ3v) is 2.90. The lowest BCUT2D eigenvalue weighted by atomic mass is 10.1. The highest BCUT2D eigenvalue weighted by Gasteiger charge is 2.14. The zero-order valence-electron chi connectivity index (χ0n) is 10.4. The van der Waals surface area contributed by atoms with Crippen molar-refractivity contribution in [1.29, 1.82) is 0 Å². The molecule has 19 heavy (non-hydrogen) atoms. The molecule has 0 saturated heterocycles. The van der Waals surface area contributed by atoms with Gasteiger partial charge >= 0.3 is 0 Å². The first-order valence-corrected chi connectivity index (χ1v) is 5.91. The zero-order valence-corrected chi connectivity index (χ0v) is 10.4. The molecule has 3 heterocycles. The third-order valence-electron chi connectivity index (χ3n) is 2.90. The molecule has 0 bridgehead atoms. The van der Waals surface area contributed by atoms with E-state index in [1.54, 1.807) is 24.7 Å². The highest BCUT2D eigenvalue weighted by Crippen LogP contribution is 2.17. The standard InChI is InChI=1S/C14H12N4O/c1-10-13(11-5-4-7-15-9-11)14(19)18(17-10)12-6-2-3-8-16-12/h2-9,17H,1H3. The summed E-state index contributed by atoms with van der Waals surface area (Å²) in [6.07, 6.45) is 5.02. The van der Waals surface area contributed by atoms with E-state index in [1.807, 2.05) is 31.2 Å². The average Bonchev–Trinajstić information content (AvgIpc) is 2.76. The minimum Gasteiger partial charge on any atom is -0.293 e. The monoisotopic (exact) mass is 252 g/mol. The zero-order chi connectivity index (χ0) is 13.2. The number of nitrogens with one attached hydrogen (secondary N) is 1. The normalized spacial score (nSPS) is 10.6. The molecule has 0 aliphatic heterocycles. The lowest BCUT2D eigenvalue weighted by Crippen LogP contribution is -2.16. The molecule has 3 aromatic rings. The molecule has 0 aliphatic carbocycles. The summed E-state index contributed by atoms with van der Waals surface area (Å²) in [5.74, 6) is 0.575. The van der Waals surface area contributed by atoms with Crippen molar-refractivity contribution in [2.24, 2.45) is 0 Å². The van der Waals surface area contributed by atoms with E-state index in [2.05, 4.69) is 15.1 Å². The molecule has 0 unspecified atom stereocenters. The van der Waals surface area contributed by atoms with Crippen molar-refractivity contribution in [1.82, 2.24) is 19.7 Å². The van der Waals surface area contributed by atoms with E-state index in [9.17, 15) is 4.79 Å². The van der Waals surface area contributed by atoms with Crippen molar-refractivity contribution < 1.29 is 0 Å². The van der Waals surface area contributed by atoms with E-state index in [-0.39, 0.29) is 5.56 Å². The molecule has 3 rings (SSSR count). The van der Waals surface area contributed by atoms with Crippen molar-refractivity contribution >= 4 is 0 Å². The number of aromatic amines is 1. The Bertz CT molecular complexity index is 744. The van der Waals surface area contributed by atoms with Crippen LogP contribution in [0.2, 0.25) is 0 Å². The summed E-state index contributed by atoms with van der Waals surface area (Å²) >= 11 is 0. The molecule has 0 saturated carbocycles. The van der Waals surface area contributed by atoms with Crippen LogP contribution >= 0.6 is 0 Å². The molecule has 1 N–H and O–H groups in total. The fourth-order valence-corrected chi connectivity index (χ4v) is 2.04. The molecule has 0 aliphatic rings. The summed E-state index contributed by atoms with van der Waals surface area (Å²) in [5.41, 5.74) is 2.10. The molecule has 0 amide bonds. The number of aryl methyl sites for hydroxylation is 1. The predicted octanol–water partition coefficient (Wildman–Crippen LogP) is 1.93. The molecule has 94 valence electrons. The van der Waals surface area contributed by atoms with Crippen LogP contribution in [0.15, 0.2) is 53.7 Å². The summed E-state index contributed by atoms with van der Waals surface area (Å²) in [4.78, 5) is 20.7. The van der Waals surface area contributed by atoms with E-state index >= 15 is 0 Å². The highest BCUT2D eigenvalue weighted by molar-refractivity contribution is 5.64. The minimum atomic E-state index is -0.121. The van der Waals surface area contributed by atoms with Crippen molar-refractivity contribution in [2.75, 3.05) is 0 Å². The second kappa shape index (κ2) is 4.53. The van der Waals surface area contributed by atoms with Crippen LogP contribution in [0.25, 0.3) is 16.9 Å². The summed E-state index contributed by atoms with van der Waals surface area (Å²) in [6, 6.07) is 9.12. The van der Waals surface area contributed by atoms with Gasteiger partial charge in [0.15, 0.2) is 5.82 Å². The summed E-state index contributed by atoms with van der Waals surface area (Å²) in [5, 5.41) is 3.04. The van der Waals surface area contributed by atoms with Gasteiger partial charge in [-0.05, 0) is 25.1 Å². The number of nitrogens with zero attached hydrogens (tertiary/aromatic N) is 3. The van der Waals surface area contributed by atoms with Crippen LogP contribution < -0.4 is 5.56 Å². The maximum absolute atomic E-state index is 12.5. The van der Waals surface area contributed by atoms with Gasteiger partial charge in [-0.3, -0.25) is 14.9 Å². The maximum atomic E-state index is 12.5. The smallest absolute Gasteiger partial charge is 0.280 e. The Morgan fingerprint density at radius 2 is 2.05 bits per heavy atom. The van der Waals surface area contributed by atoms with Gasteiger partial charge in [-0.1, -0.05) is 12.1 Å². The molecule has 5 nitrogen and oxygen atoms in total. The first kappa shape index (κ1) is 11.4. The first-order valence-electron chi connectivity index (χ1n) is 5.91. The Morgan fingerprint density at radius 3 is 2.74 bits per heavy atom. The Kier molecular flexibility index (Phi) is 2.72. The lowest BCUT2D eigenvalue weighted by molar-refractivity contribution is 0.807. The molecule has 0 atom stereocenters. The van der Waals surface area contributed by atoms with Gasteiger partial charge < -0.3 is 0 Å². The molecule has 3 aromatic heterocycles. The van der Waals surface area contributed by atoms with Gasteiger partial charge in [0.2, 0.25) is 0 Å². The fourth-order valence-electron chi connectivity index (χ4n) is 2.04. The van der Waals surface area contributed by atoms with E-state index < -0.39 is 0 Å². The van der Waals surface area contributed by atoms with Gasteiger partial charge in [-0.25, -0.2) is 9.67 Å². The molecule has 0 radical (unpaired) electrons. The average molecular weight is 252 g/mol. The number of hydrogen-bond donors (Lipinski definition) is 1. The molecule has 0 spiro atoms. The molecule has 0 fully saturated rings. The lowest BCUT2D eigenvalue weighted by Gasteiger charge is -1.98. The Balaban J connectivity index is 2.20. The third kappa shape index (κ3) is 1.95. The number of pyridine rings is 2. The summed E-state index contributed by atoms with van der Waals surface area (Å²) in [7, 11) is 0. The van der Waals surface area contributed by atoms with Gasteiger partial charge in [0.1, 0.15) is 0 Å². The Labute approximate surface area is 109 Å². The maximum Gasteiger partial charge on any atom is 0.280 e. The SMILES string of the molecule is Cc1[nH]n(-c2ccccn2)c(=O)c1-c1cccnc1. The van der Waals surface area contributed by atoms with Crippen molar-refractivity contribution in [3.05, 3.63) is 65.0 Å². The largest absolute Gasteiger partial charge is 0.293 e. The van der Waals surface area contributed by atoms with Gasteiger partial charge in [0.25, 0.3) is 5.56 Å². The highest BCUT2D eigenvalue weighted by atomic mass is 16.1. The van der Waals surface area contributed by atoms with Gasteiger partial charge in [0.05, 0.1) is 5.56 Å². The number of H-pyrrole nitrogens is 1. The fraction of sp³-hybridized carbons (Fsp3) is 0.0714. The van der Waals surface area contributed by atoms with Crippen LogP contribution in [0.4, 0.5) is 0 Å². The second-order valence-electron chi connectivity index (χ2n) is 4.18. The van der Waals surface area contributed by atoms with Crippen LogP contribution in [0, 0.1) is 6.92 Å². The quantitative estimate of drug-likeness (QED) is 0.758. The van der Waals surface area contributed by atoms with Crippen LogP contribution in [0.5, 0.6) is 0 Å². The van der Waals surface area contributed by atoms with Crippen molar-refractivity contribution in [2.45, 2.75) is 6.92 Å². The summed E-state index contributed by atoms with van der Waals surface area (Å²) in [6.45, 7) is 1.86. The van der Waals surface area contributed by atoms with Gasteiger partial charge in [0, 0.05) is 29.8 Å². The second-order valence-corrected chi connectivity index (χ2v) is 4.18. The van der Waals surface area contributed by atoms with Crippen LogP contribution in [-0.4, -0.2) is 19.7 Å². The molecular weight excluding hydrogens is 240 g/mol. The molecule has 5 heteroatoms. The molecule has 0 aromatic carbocycles. The van der Waals surface area contributed by atoms with E-state index in [1.165, 1.54) is 4.68 Å². The number of rotatable bonds is 2. The summed E-state index contributed by atoms with van der Waals surface area (Å²) < 4.78 is 1.44. The van der Waals surface area contributed by atoms with Crippen LogP contribution in [0.3, 0.4) is 0 Å². The van der Waals surface area contributed by atoms with Gasteiger partial charge in [-0.2, -0.15) is 0 Å². The Hall–Kier alpha value is -2.69. The van der Waals surface area contributed by atoms with Crippen LogP contribution in [0.1, 0.15) is 5.69 Å². The van der Waals surface area contributed by atoms with E-state index in [0.717, 1.165) is 11.3 Å². The van der Waals surface area contributed by atoms with Gasteiger partial charge in [-0.15, -0.1) is 0 Å². The van der Waals surface area contributed by atoms with Crippen molar-refractivity contribution in [3.63, 3.8) is 0 Å². The number of hydrogen-bond acceptors (Lipinski definition) is 3. The topological polar surface area (TPSA) is 63.6 Å². The minimum absolute atomic E-state index is 0.121. The van der Waals surface area contributed by atoms with E-state index in [4.69, 9.17) is 0 Å². The number of aromatic nitrogens is 4. The predicted molar refractivity (Wildman–Crippen MR) is 72.2 cm³/mol. The first-order chi connectivity index (χ1) is 9.27. The van der Waals surface area contributed by atoms with E-state index in [0.29, 0.717) is 11.4 Å². The Morgan fingerprint density at radius 1 is 1.16 bits per heavy atom.